The molecule has 1 N–H and O–H groups in total. The Bertz CT molecular complexity index is 1440. The molecule has 202 valence electrons. The third-order valence-electron chi connectivity index (χ3n) is 6.29. The summed E-state index contributed by atoms with van der Waals surface area (Å²) < 4.78 is 21.8. The Balaban J connectivity index is 1.30. The predicted molar refractivity (Wildman–Crippen MR) is 144 cm³/mol. The molecule has 0 bridgehead atoms. The van der Waals surface area contributed by atoms with Crippen molar-refractivity contribution in [2.45, 2.75) is 32.6 Å². The van der Waals surface area contributed by atoms with Gasteiger partial charge in [-0.3, -0.25) is 14.8 Å². The van der Waals surface area contributed by atoms with E-state index in [1.54, 1.807) is 26.4 Å². The zero-order chi connectivity index (χ0) is 27.4. The number of rotatable bonds is 9. The number of carbonyl (C=O) groups is 1. The van der Waals surface area contributed by atoms with Crippen LogP contribution in [0.1, 0.15) is 52.5 Å². The molecular weight excluding hydrogens is 500 g/mol. The molecule has 1 amide bonds. The summed E-state index contributed by atoms with van der Waals surface area (Å²) in [5.74, 6) is 0.698. The highest BCUT2D eigenvalue weighted by Gasteiger charge is 2.35. The molecule has 0 saturated carbocycles. The van der Waals surface area contributed by atoms with E-state index >= 15 is 0 Å². The van der Waals surface area contributed by atoms with Gasteiger partial charge in [0.15, 0.2) is 5.76 Å². The first-order valence-electron chi connectivity index (χ1n) is 12.5. The summed E-state index contributed by atoms with van der Waals surface area (Å²) in [5, 5.41) is 16.0. The van der Waals surface area contributed by atoms with E-state index in [0.29, 0.717) is 54.1 Å². The zero-order valence-corrected chi connectivity index (χ0v) is 22.3. The second-order valence-electron chi connectivity index (χ2n) is 9.92. The average molecular weight is 531 g/mol. The van der Waals surface area contributed by atoms with Crippen LogP contribution in [0.3, 0.4) is 0 Å². The number of fused-ring (bicyclic) bond motifs is 3. The summed E-state index contributed by atoms with van der Waals surface area (Å²) >= 11 is 0. The van der Waals surface area contributed by atoms with Crippen molar-refractivity contribution in [1.82, 2.24) is 15.5 Å². The predicted octanol–water partition coefficient (Wildman–Crippen LogP) is 3.17. The molecule has 0 saturated heterocycles. The number of hydrogen-bond acceptors (Lipinski definition) is 10. The minimum Gasteiger partial charge on any atom is -0.471 e. The van der Waals surface area contributed by atoms with Crippen LogP contribution in [0, 0.1) is 5.92 Å². The average Bonchev–Trinajstić information content (AvgIpc) is 3.52. The van der Waals surface area contributed by atoms with Crippen LogP contribution in [-0.2, 0) is 27.4 Å². The normalized spacial score (nSPS) is 16.4. The lowest BCUT2D eigenvalue weighted by atomic mass is 9.90. The van der Waals surface area contributed by atoms with E-state index in [2.05, 4.69) is 25.7 Å². The fraction of sp³-hybridized carbons (Fsp3) is 0.357. The van der Waals surface area contributed by atoms with Gasteiger partial charge in [0.1, 0.15) is 24.6 Å². The summed E-state index contributed by atoms with van der Waals surface area (Å²) in [7, 11) is 3.20. The Morgan fingerprint density at radius 2 is 1.85 bits per heavy atom. The first kappa shape index (κ1) is 26.4. The monoisotopic (exact) mass is 530 g/mol. The molecule has 0 spiro atoms. The summed E-state index contributed by atoms with van der Waals surface area (Å²) in [4.78, 5) is 21.8. The van der Waals surface area contributed by atoms with Crippen LogP contribution in [0.25, 0.3) is 0 Å². The van der Waals surface area contributed by atoms with Gasteiger partial charge in [0.2, 0.25) is 5.90 Å². The van der Waals surface area contributed by atoms with Gasteiger partial charge in [-0.15, -0.1) is 0 Å². The molecule has 3 aromatic rings. The number of pyridine rings is 1. The van der Waals surface area contributed by atoms with E-state index < -0.39 is 5.54 Å². The number of nitrogens with zero attached hydrogens (tertiary/aromatic N) is 5. The summed E-state index contributed by atoms with van der Waals surface area (Å²) in [6.07, 6.45) is 1.54. The maximum atomic E-state index is 12.6. The number of carbonyl (C=O) groups excluding carboxylic acids is 1. The van der Waals surface area contributed by atoms with Gasteiger partial charge in [-0.1, -0.05) is 23.4 Å². The van der Waals surface area contributed by atoms with Crippen molar-refractivity contribution in [1.29, 1.82) is 0 Å². The Labute approximate surface area is 226 Å². The highest BCUT2D eigenvalue weighted by molar-refractivity contribution is 6.25. The molecule has 0 fully saturated rings. The van der Waals surface area contributed by atoms with Crippen LogP contribution in [-0.4, -0.2) is 66.3 Å². The second-order valence-corrected chi connectivity index (χ2v) is 9.92. The Hall–Kier alpha value is -4.22. The number of ether oxygens (including phenoxy) is 3. The van der Waals surface area contributed by atoms with E-state index in [4.69, 9.17) is 23.7 Å². The molecule has 2 aromatic heterocycles. The number of amides is 1. The third-order valence-corrected chi connectivity index (χ3v) is 6.29. The van der Waals surface area contributed by atoms with Gasteiger partial charge in [0, 0.05) is 37.6 Å². The van der Waals surface area contributed by atoms with E-state index in [1.807, 2.05) is 44.2 Å². The molecule has 11 nitrogen and oxygen atoms in total. The van der Waals surface area contributed by atoms with Crippen LogP contribution < -0.4 is 5.32 Å². The van der Waals surface area contributed by atoms with E-state index in [9.17, 15) is 4.79 Å². The van der Waals surface area contributed by atoms with Crippen LogP contribution in [0.5, 0.6) is 0 Å². The van der Waals surface area contributed by atoms with Gasteiger partial charge in [-0.25, -0.2) is 0 Å². The maximum Gasteiger partial charge on any atom is 0.253 e. The molecule has 1 aromatic carbocycles. The third kappa shape index (κ3) is 5.79. The van der Waals surface area contributed by atoms with Crippen molar-refractivity contribution in [3.05, 3.63) is 82.5 Å². The minimum atomic E-state index is -0.494. The molecule has 0 radical (unpaired) electrons. The molecular formula is C28H30N6O5. The fourth-order valence-corrected chi connectivity index (χ4v) is 4.50. The quantitative estimate of drug-likeness (QED) is 0.449. The van der Waals surface area contributed by atoms with Gasteiger partial charge in [0.05, 0.1) is 41.6 Å². The number of benzene rings is 1. The lowest BCUT2D eigenvalue weighted by Crippen LogP contribution is -2.46. The van der Waals surface area contributed by atoms with E-state index in [1.165, 1.54) is 6.20 Å². The Morgan fingerprint density at radius 1 is 1.05 bits per heavy atom. The number of aliphatic imine (C=N–C) groups is 1. The number of methoxy groups -OCH3 is 2. The second kappa shape index (κ2) is 11.3. The number of nitrogens with one attached hydrogen (secondary N) is 1. The van der Waals surface area contributed by atoms with Gasteiger partial charge in [-0.2, -0.15) is 10.2 Å². The Kier molecular flexibility index (Phi) is 7.62. The Morgan fingerprint density at radius 3 is 2.59 bits per heavy atom. The fourth-order valence-electron chi connectivity index (χ4n) is 4.50. The largest absolute Gasteiger partial charge is 0.471 e. The van der Waals surface area contributed by atoms with E-state index in [-0.39, 0.29) is 18.4 Å². The van der Waals surface area contributed by atoms with Crippen LogP contribution in [0.2, 0.25) is 0 Å². The maximum absolute atomic E-state index is 12.6. The zero-order valence-electron chi connectivity index (χ0n) is 22.3. The molecule has 2 aliphatic heterocycles. The van der Waals surface area contributed by atoms with Gasteiger partial charge in [-0.05, 0) is 32.0 Å². The molecule has 2 aliphatic rings. The van der Waals surface area contributed by atoms with Gasteiger partial charge >= 0.3 is 0 Å². The molecule has 0 aliphatic carbocycles. The van der Waals surface area contributed by atoms with E-state index in [0.717, 1.165) is 16.8 Å². The lowest BCUT2D eigenvalue weighted by Gasteiger charge is -2.25. The van der Waals surface area contributed by atoms with Crippen molar-refractivity contribution < 1.29 is 23.5 Å². The van der Waals surface area contributed by atoms with Crippen LogP contribution in [0.4, 0.5) is 0 Å². The van der Waals surface area contributed by atoms with Crippen molar-refractivity contribution in [2.75, 3.05) is 27.4 Å². The van der Waals surface area contributed by atoms with Crippen LogP contribution >= 0.6 is 0 Å². The molecule has 11 heteroatoms. The molecule has 5 rings (SSSR count). The molecule has 1 unspecified atom stereocenters. The molecule has 4 heterocycles. The lowest BCUT2D eigenvalue weighted by molar-refractivity contribution is 0.0819. The number of aromatic nitrogens is 2. The van der Waals surface area contributed by atoms with Gasteiger partial charge < -0.3 is 24.1 Å². The molecule has 39 heavy (non-hydrogen) atoms. The highest BCUT2D eigenvalue weighted by atomic mass is 16.5. The van der Waals surface area contributed by atoms with Gasteiger partial charge in [0.25, 0.3) is 5.91 Å². The van der Waals surface area contributed by atoms with Crippen molar-refractivity contribution >= 4 is 23.2 Å². The van der Waals surface area contributed by atoms with Crippen LogP contribution in [0.15, 0.2) is 68.4 Å². The molecule has 1 atom stereocenters. The van der Waals surface area contributed by atoms with Crippen molar-refractivity contribution in [2.24, 2.45) is 21.1 Å². The first-order valence-corrected chi connectivity index (χ1v) is 12.5. The summed E-state index contributed by atoms with van der Waals surface area (Å²) in [6, 6.07) is 13.1. The smallest absolute Gasteiger partial charge is 0.253 e. The minimum absolute atomic E-state index is 0.186. The topological polar surface area (TPSA) is 133 Å². The first-order chi connectivity index (χ1) is 18.9. The van der Waals surface area contributed by atoms with Crippen molar-refractivity contribution in [3.63, 3.8) is 0 Å². The number of hydrogen-bond donors (Lipinski definition) is 1. The highest BCUT2D eigenvalue weighted by Crippen LogP contribution is 2.28. The SMILES string of the molecule is COCc1cc(C2=NN=C3c4ccccc4C(OCc4ccc(C(=O)NC(C)(C)COC)cn4)=NCC23)no1. The summed E-state index contributed by atoms with van der Waals surface area (Å²) in [6.45, 7) is 5.09. The standard InChI is InChI=1S/C28H30N6O5/c1-28(2,16-37-4)31-26(35)17-9-10-18(29-12-17)14-38-27-21-8-6-5-7-20(21)24-22(13-30-27)25(33-32-24)23-11-19(15-36-3)39-34-23/h5-12,22H,13-16H2,1-4H3,(H,31,35). The van der Waals surface area contributed by atoms with Crippen molar-refractivity contribution in [3.8, 4) is 0 Å². The summed E-state index contributed by atoms with van der Waals surface area (Å²) in [5.41, 5.74) is 4.47.